The second kappa shape index (κ2) is 9.32. The Balaban J connectivity index is 1.89. The summed E-state index contributed by atoms with van der Waals surface area (Å²) in [5, 5.41) is 0. The van der Waals surface area contributed by atoms with Crippen LogP contribution >= 0.6 is 0 Å². The first-order valence-corrected chi connectivity index (χ1v) is 8.45. The van der Waals surface area contributed by atoms with Gasteiger partial charge in [0.15, 0.2) is 11.6 Å². The van der Waals surface area contributed by atoms with Crippen molar-refractivity contribution in [3.8, 4) is 23.3 Å². The van der Waals surface area contributed by atoms with Gasteiger partial charge in [-0.3, -0.25) is 0 Å². The van der Waals surface area contributed by atoms with Gasteiger partial charge in [0, 0.05) is 5.56 Å². The monoisotopic (exact) mass is 396 g/mol. The van der Waals surface area contributed by atoms with E-state index in [9.17, 15) is 9.18 Å². The molecule has 0 saturated carbocycles. The number of hydrogen-bond donors (Lipinski definition) is 0. The molecule has 1 heterocycles. The molecule has 0 aliphatic rings. The number of esters is 1. The van der Waals surface area contributed by atoms with Gasteiger partial charge in [-0.05, 0) is 18.2 Å². The van der Waals surface area contributed by atoms with Gasteiger partial charge in [-0.15, -0.1) is 0 Å². The number of nitrogens with zero attached hydrogens (tertiary/aromatic N) is 2. The molecule has 29 heavy (non-hydrogen) atoms. The number of carbonyl (C=O) groups excluding carboxylic acids is 1. The fraction of sp³-hybridized carbons (Fsp3) is 0.0952. The summed E-state index contributed by atoms with van der Waals surface area (Å²) in [6.07, 6.45) is 2.49. The lowest BCUT2D eigenvalue weighted by Gasteiger charge is -2.12. The van der Waals surface area contributed by atoms with Crippen LogP contribution in [0.5, 0.6) is 23.3 Å². The van der Waals surface area contributed by atoms with Gasteiger partial charge >= 0.3 is 5.97 Å². The van der Waals surface area contributed by atoms with E-state index >= 15 is 0 Å². The van der Waals surface area contributed by atoms with Crippen molar-refractivity contribution in [1.82, 2.24) is 9.97 Å². The molecular weight excluding hydrogens is 379 g/mol. The Kier molecular flexibility index (Phi) is 6.36. The molecule has 7 nitrogen and oxygen atoms in total. The maximum Gasteiger partial charge on any atom is 0.341 e. The Morgan fingerprint density at radius 2 is 1.55 bits per heavy atom. The minimum atomic E-state index is -0.589. The van der Waals surface area contributed by atoms with E-state index in [1.165, 1.54) is 45.0 Å². The zero-order valence-corrected chi connectivity index (χ0v) is 15.7. The zero-order chi connectivity index (χ0) is 20.6. The predicted molar refractivity (Wildman–Crippen MR) is 102 cm³/mol. The van der Waals surface area contributed by atoms with Gasteiger partial charge in [-0.1, -0.05) is 30.3 Å². The van der Waals surface area contributed by atoms with E-state index in [2.05, 4.69) is 9.97 Å². The fourth-order valence-electron chi connectivity index (χ4n) is 2.41. The molecular formula is C21H17FN2O5. The summed E-state index contributed by atoms with van der Waals surface area (Å²) in [6.45, 7) is 0. The maximum absolute atomic E-state index is 13.8. The molecule has 0 aliphatic carbocycles. The highest BCUT2D eigenvalue weighted by molar-refractivity contribution is 6.17. The van der Waals surface area contributed by atoms with Crippen molar-refractivity contribution < 1.29 is 28.1 Å². The Bertz CT molecular complexity index is 1040. The number of rotatable bonds is 7. The Labute approximate surface area is 166 Å². The first-order valence-electron chi connectivity index (χ1n) is 8.45. The molecule has 3 aromatic rings. The number of aromatic nitrogens is 2. The summed E-state index contributed by atoms with van der Waals surface area (Å²) >= 11 is 0. The van der Waals surface area contributed by atoms with E-state index in [1.807, 2.05) is 0 Å². The summed E-state index contributed by atoms with van der Waals surface area (Å²) in [4.78, 5) is 20.1. The first kappa shape index (κ1) is 19.8. The second-order valence-corrected chi connectivity index (χ2v) is 5.58. The predicted octanol–water partition coefficient (Wildman–Crippen LogP) is 4.36. The third-order valence-corrected chi connectivity index (χ3v) is 3.70. The summed E-state index contributed by atoms with van der Waals surface area (Å²) in [7, 11) is 2.69. The first-order chi connectivity index (χ1) is 14.1. The van der Waals surface area contributed by atoms with E-state index < -0.39 is 11.8 Å². The number of hydrogen-bond acceptors (Lipinski definition) is 7. The molecule has 0 saturated heterocycles. The average Bonchev–Trinajstić information content (AvgIpc) is 2.74. The minimum absolute atomic E-state index is 0.0218. The number of carbonyl (C=O) groups is 1. The van der Waals surface area contributed by atoms with Crippen molar-refractivity contribution in [3.05, 3.63) is 78.6 Å². The third kappa shape index (κ3) is 4.86. The van der Waals surface area contributed by atoms with Crippen LogP contribution in [0.4, 0.5) is 4.39 Å². The SMILES string of the molecule is COC=C(C(=O)OC)c1ccccc1Oc1cc(Oc2ccccc2F)ncn1. The average molecular weight is 396 g/mol. The Morgan fingerprint density at radius 1 is 0.931 bits per heavy atom. The van der Waals surface area contributed by atoms with Gasteiger partial charge in [-0.2, -0.15) is 0 Å². The molecule has 0 aliphatic heterocycles. The summed E-state index contributed by atoms with van der Waals surface area (Å²) in [6, 6.07) is 14.2. The van der Waals surface area contributed by atoms with E-state index in [0.29, 0.717) is 11.3 Å². The molecule has 0 amide bonds. The van der Waals surface area contributed by atoms with Crippen LogP contribution in [-0.2, 0) is 14.3 Å². The summed E-state index contributed by atoms with van der Waals surface area (Å²) < 4.78 is 34.8. The van der Waals surface area contributed by atoms with Gasteiger partial charge in [0.05, 0.1) is 26.5 Å². The molecule has 0 unspecified atom stereocenters. The highest BCUT2D eigenvalue weighted by Crippen LogP contribution is 2.31. The van der Waals surface area contributed by atoms with E-state index in [1.54, 1.807) is 36.4 Å². The quantitative estimate of drug-likeness (QED) is 0.333. The molecule has 1 aromatic heterocycles. The minimum Gasteiger partial charge on any atom is -0.503 e. The van der Waals surface area contributed by atoms with Crippen LogP contribution in [0.15, 0.2) is 67.2 Å². The van der Waals surface area contributed by atoms with Crippen LogP contribution < -0.4 is 9.47 Å². The number of benzene rings is 2. The molecule has 148 valence electrons. The topological polar surface area (TPSA) is 79.8 Å². The lowest BCUT2D eigenvalue weighted by molar-refractivity contribution is -0.133. The third-order valence-electron chi connectivity index (χ3n) is 3.70. The lowest BCUT2D eigenvalue weighted by Crippen LogP contribution is -2.06. The van der Waals surface area contributed by atoms with Gasteiger partial charge in [0.25, 0.3) is 0 Å². The largest absolute Gasteiger partial charge is 0.503 e. The van der Waals surface area contributed by atoms with Gasteiger partial charge in [0.1, 0.15) is 17.6 Å². The molecule has 0 N–H and O–H groups in total. The van der Waals surface area contributed by atoms with Gasteiger partial charge in [0.2, 0.25) is 11.8 Å². The van der Waals surface area contributed by atoms with Crippen LogP contribution in [0.2, 0.25) is 0 Å². The Morgan fingerprint density at radius 3 is 2.21 bits per heavy atom. The van der Waals surface area contributed by atoms with Crippen molar-refractivity contribution in [3.63, 3.8) is 0 Å². The highest BCUT2D eigenvalue weighted by Gasteiger charge is 2.18. The molecule has 0 radical (unpaired) electrons. The number of para-hydroxylation sites is 2. The van der Waals surface area contributed by atoms with E-state index in [4.69, 9.17) is 18.9 Å². The molecule has 0 spiro atoms. The zero-order valence-electron chi connectivity index (χ0n) is 15.7. The van der Waals surface area contributed by atoms with Crippen LogP contribution in [-0.4, -0.2) is 30.2 Å². The number of methoxy groups -OCH3 is 2. The van der Waals surface area contributed by atoms with Gasteiger partial charge in [-0.25, -0.2) is 19.2 Å². The van der Waals surface area contributed by atoms with Crippen LogP contribution in [0.25, 0.3) is 5.57 Å². The standard InChI is InChI=1S/C21H17FN2O5/c1-26-12-15(21(25)27-2)14-7-3-5-9-17(14)28-19-11-20(24-13-23-19)29-18-10-6-4-8-16(18)22/h3-13H,1-2H3. The van der Waals surface area contributed by atoms with Crippen molar-refractivity contribution in [2.45, 2.75) is 0 Å². The van der Waals surface area contributed by atoms with E-state index in [0.717, 1.165) is 0 Å². The van der Waals surface area contributed by atoms with Crippen LogP contribution in [0.3, 0.4) is 0 Å². The summed E-state index contributed by atoms with van der Waals surface area (Å²) in [5.74, 6) is -0.524. The van der Waals surface area contributed by atoms with E-state index in [-0.39, 0.29) is 23.1 Å². The highest BCUT2D eigenvalue weighted by atomic mass is 19.1. The second-order valence-electron chi connectivity index (χ2n) is 5.58. The van der Waals surface area contributed by atoms with Crippen LogP contribution in [0.1, 0.15) is 5.56 Å². The molecule has 2 aromatic carbocycles. The fourth-order valence-corrected chi connectivity index (χ4v) is 2.41. The molecule has 3 rings (SSSR count). The molecule has 0 fully saturated rings. The summed E-state index contributed by atoms with van der Waals surface area (Å²) in [5.41, 5.74) is 0.610. The number of halogens is 1. The maximum atomic E-state index is 13.8. The van der Waals surface area contributed by atoms with Crippen molar-refractivity contribution in [2.75, 3.05) is 14.2 Å². The normalized spacial score (nSPS) is 10.9. The number of ether oxygens (including phenoxy) is 4. The van der Waals surface area contributed by atoms with Crippen molar-refractivity contribution in [2.24, 2.45) is 0 Å². The molecule has 0 bridgehead atoms. The van der Waals surface area contributed by atoms with Crippen LogP contribution in [0, 0.1) is 5.82 Å². The van der Waals surface area contributed by atoms with Crippen molar-refractivity contribution >= 4 is 11.5 Å². The lowest BCUT2D eigenvalue weighted by atomic mass is 10.1. The van der Waals surface area contributed by atoms with Crippen molar-refractivity contribution in [1.29, 1.82) is 0 Å². The smallest absolute Gasteiger partial charge is 0.341 e. The molecule has 0 atom stereocenters. The van der Waals surface area contributed by atoms with Gasteiger partial charge < -0.3 is 18.9 Å². The molecule has 8 heteroatoms. The Hall–Kier alpha value is -3.94.